The molecule has 228 valence electrons. The third-order valence-electron chi connectivity index (χ3n) is 9.80. The van der Waals surface area contributed by atoms with Crippen molar-refractivity contribution in [2.45, 2.75) is 0 Å². The van der Waals surface area contributed by atoms with Crippen LogP contribution in [-0.2, 0) is 0 Å². The summed E-state index contributed by atoms with van der Waals surface area (Å²) in [5, 5.41) is 8.50. The maximum Gasteiger partial charge on any atom is 0.137 e. The smallest absolute Gasteiger partial charge is 0.137 e. The van der Waals surface area contributed by atoms with Gasteiger partial charge in [-0.15, -0.1) is 0 Å². The van der Waals surface area contributed by atoms with E-state index in [9.17, 15) is 0 Å². The number of para-hydroxylation sites is 1. The van der Waals surface area contributed by atoms with Crippen LogP contribution in [0, 0.1) is 0 Å². The molecule has 3 heteroatoms. The fraction of sp³-hybridized carbons (Fsp3) is 0. The summed E-state index contributed by atoms with van der Waals surface area (Å²) in [5.74, 6) is 0. The minimum Gasteiger partial charge on any atom is -0.306 e. The first-order valence-corrected chi connectivity index (χ1v) is 16.7. The second-order valence-electron chi connectivity index (χ2n) is 12.7. The third-order valence-corrected chi connectivity index (χ3v) is 9.80. The Kier molecular flexibility index (Phi) is 6.18. The molecule has 7 aromatic carbocycles. The first-order valence-electron chi connectivity index (χ1n) is 16.7. The van der Waals surface area contributed by atoms with Crippen LogP contribution in [-0.4, -0.2) is 14.4 Å². The molecule has 0 fully saturated rings. The van der Waals surface area contributed by atoms with Crippen LogP contribution in [0.15, 0.2) is 176 Å². The molecule has 3 nitrogen and oxygen atoms in total. The average Bonchev–Trinajstić information content (AvgIpc) is 3.62. The largest absolute Gasteiger partial charge is 0.306 e. The van der Waals surface area contributed by atoms with Crippen LogP contribution >= 0.6 is 0 Å². The maximum atomic E-state index is 5.31. The summed E-state index contributed by atoms with van der Waals surface area (Å²) in [5.41, 5.74) is 10.9. The van der Waals surface area contributed by atoms with Crippen LogP contribution in [0.3, 0.4) is 0 Å². The van der Waals surface area contributed by atoms with Crippen molar-refractivity contribution in [1.29, 1.82) is 0 Å². The normalized spacial score (nSPS) is 11.7. The molecule has 0 radical (unpaired) electrons. The van der Waals surface area contributed by atoms with Gasteiger partial charge in [-0.1, -0.05) is 133 Å². The van der Waals surface area contributed by atoms with Crippen LogP contribution in [0.25, 0.3) is 93.6 Å². The molecule has 0 spiro atoms. The van der Waals surface area contributed by atoms with E-state index in [2.05, 4.69) is 156 Å². The number of aromatic nitrogens is 3. The van der Waals surface area contributed by atoms with E-state index >= 15 is 0 Å². The van der Waals surface area contributed by atoms with Gasteiger partial charge in [0, 0.05) is 39.7 Å². The number of hydrogen-bond donors (Lipinski definition) is 0. The van der Waals surface area contributed by atoms with Gasteiger partial charge < -0.3 is 4.40 Å². The monoisotopic (exact) mass is 623 g/mol. The van der Waals surface area contributed by atoms with Gasteiger partial charge in [0.25, 0.3) is 0 Å². The maximum absolute atomic E-state index is 5.31. The Labute approximate surface area is 283 Å². The molecular weight excluding hydrogens is 595 g/mol. The van der Waals surface area contributed by atoms with E-state index < -0.39 is 0 Å². The Bertz CT molecular complexity index is 2830. The van der Waals surface area contributed by atoms with E-state index in [4.69, 9.17) is 9.97 Å². The third kappa shape index (κ3) is 4.59. The highest BCUT2D eigenvalue weighted by molar-refractivity contribution is 6.25. The number of hydrogen-bond acceptors (Lipinski definition) is 2. The molecule has 0 aliphatic heterocycles. The minimum atomic E-state index is 0.951. The predicted molar refractivity (Wildman–Crippen MR) is 205 cm³/mol. The van der Waals surface area contributed by atoms with Crippen molar-refractivity contribution in [3.63, 3.8) is 0 Å². The minimum absolute atomic E-state index is 0.951. The summed E-state index contributed by atoms with van der Waals surface area (Å²) in [6.45, 7) is 0. The highest BCUT2D eigenvalue weighted by Gasteiger charge is 2.17. The Balaban J connectivity index is 1.11. The van der Waals surface area contributed by atoms with Crippen molar-refractivity contribution in [3.05, 3.63) is 176 Å². The van der Waals surface area contributed by atoms with Crippen molar-refractivity contribution >= 4 is 48.9 Å². The van der Waals surface area contributed by atoms with E-state index in [0.717, 1.165) is 39.1 Å². The summed E-state index contributed by atoms with van der Waals surface area (Å²) >= 11 is 0. The Morgan fingerprint density at radius 1 is 0.408 bits per heavy atom. The molecule has 0 saturated heterocycles. The van der Waals surface area contributed by atoms with E-state index in [-0.39, 0.29) is 0 Å². The van der Waals surface area contributed by atoms with Crippen molar-refractivity contribution < 1.29 is 0 Å². The number of fused-ring (bicyclic) bond motifs is 7. The topological polar surface area (TPSA) is 30.2 Å². The lowest BCUT2D eigenvalue weighted by Gasteiger charge is -2.16. The lowest BCUT2D eigenvalue weighted by atomic mass is 9.89. The molecule has 3 aromatic heterocycles. The molecule has 10 rings (SSSR count). The highest BCUT2D eigenvalue weighted by atomic mass is 15.0. The lowest BCUT2D eigenvalue weighted by molar-refractivity contribution is 1.19. The predicted octanol–water partition coefficient (Wildman–Crippen LogP) is 12.0. The zero-order chi connectivity index (χ0) is 32.3. The summed E-state index contributed by atoms with van der Waals surface area (Å²) < 4.78 is 2.06. The molecule has 0 saturated carbocycles. The van der Waals surface area contributed by atoms with Crippen molar-refractivity contribution in [1.82, 2.24) is 14.4 Å². The van der Waals surface area contributed by atoms with E-state index in [1.807, 2.05) is 24.4 Å². The molecule has 0 N–H and O–H groups in total. The SMILES string of the molecule is c1ccc2cc(-c3nc4ccccc4c4c3cc(-c3ccc(-c5ccc(-c6cn7ccccc7n6)cc5)cc3)c3ccccc34)ccc2c1. The van der Waals surface area contributed by atoms with Crippen molar-refractivity contribution in [2.24, 2.45) is 0 Å². The van der Waals surface area contributed by atoms with E-state index in [0.29, 0.717) is 0 Å². The zero-order valence-electron chi connectivity index (χ0n) is 26.6. The number of imidazole rings is 1. The highest BCUT2D eigenvalue weighted by Crippen LogP contribution is 2.42. The molecule has 10 aromatic rings. The number of rotatable bonds is 4. The molecule has 0 amide bonds. The first-order chi connectivity index (χ1) is 24.3. The zero-order valence-corrected chi connectivity index (χ0v) is 26.6. The van der Waals surface area contributed by atoms with Crippen LogP contribution < -0.4 is 0 Å². The van der Waals surface area contributed by atoms with Crippen LogP contribution in [0.2, 0.25) is 0 Å². The van der Waals surface area contributed by atoms with Crippen LogP contribution in [0.1, 0.15) is 0 Å². The Morgan fingerprint density at radius 2 is 1.04 bits per heavy atom. The Morgan fingerprint density at radius 3 is 1.84 bits per heavy atom. The van der Waals surface area contributed by atoms with Gasteiger partial charge in [-0.2, -0.15) is 0 Å². The van der Waals surface area contributed by atoms with Gasteiger partial charge in [0.1, 0.15) is 5.65 Å². The van der Waals surface area contributed by atoms with Gasteiger partial charge >= 0.3 is 0 Å². The number of nitrogens with zero attached hydrogens (tertiary/aromatic N) is 3. The van der Waals surface area contributed by atoms with Gasteiger partial charge in [-0.25, -0.2) is 9.97 Å². The average molecular weight is 624 g/mol. The molecule has 3 heterocycles. The van der Waals surface area contributed by atoms with Gasteiger partial charge in [-0.3, -0.25) is 0 Å². The molecule has 0 unspecified atom stereocenters. The number of benzene rings is 7. The van der Waals surface area contributed by atoms with Crippen LogP contribution in [0.4, 0.5) is 0 Å². The second-order valence-corrected chi connectivity index (χ2v) is 12.7. The molecule has 0 atom stereocenters. The van der Waals surface area contributed by atoms with E-state index in [1.54, 1.807) is 0 Å². The van der Waals surface area contributed by atoms with Gasteiger partial charge in [0.15, 0.2) is 0 Å². The fourth-order valence-corrected chi connectivity index (χ4v) is 7.36. The molecule has 49 heavy (non-hydrogen) atoms. The summed E-state index contributed by atoms with van der Waals surface area (Å²) in [6.07, 6.45) is 4.11. The summed E-state index contributed by atoms with van der Waals surface area (Å²) in [7, 11) is 0. The van der Waals surface area contributed by atoms with Crippen LogP contribution in [0.5, 0.6) is 0 Å². The van der Waals surface area contributed by atoms with Crippen molar-refractivity contribution in [3.8, 4) is 44.8 Å². The van der Waals surface area contributed by atoms with Gasteiger partial charge in [-0.05, 0) is 74.1 Å². The first kappa shape index (κ1) is 27.5. The van der Waals surface area contributed by atoms with Gasteiger partial charge in [0.05, 0.1) is 16.9 Å². The fourth-order valence-electron chi connectivity index (χ4n) is 7.36. The molecular formula is C46H29N3. The standard InChI is InChI=1S/C46H29N3/c1-2-10-35-27-36(25-20-30(35)9-1)46-41-28-40(37-11-3-4-12-38(37)45(41)39-13-5-6-14-42(39)48-46)33-21-16-31(17-22-33)32-18-23-34(24-19-32)43-29-49-26-8-7-15-44(49)47-43/h1-29H. The lowest BCUT2D eigenvalue weighted by Crippen LogP contribution is -1.93. The van der Waals surface area contributed by atoms with E-state index in [1.165, 1.54) is 54.6 Å². The van der Waals surface area contributed by atoms with Gasteiger partial charge in [0.2, 0.25) is 0 Å². The Hall–Kier alpha value is -6.58. The van der Waals surface area contributed by atoms with Crippen molar-refractivity contribution in [2.75, 3.05) is 0 Å². The summed E-state index contributed by atoms with van der Waals surface area (Å²) in [4.78, 5) is 10.1. The molecule has 0 bridgehead atoms. The molecule has 0 aliphatic rings. The number of pyridine rings is 2. The quantitative estimate of drug-likeness (QED) is 0.183. The summed E-state index contributed by atoms with van der Waals surface area (Å²) in [6, 6.07) is 58.7. The second kappa shape index (κ2) is 11.0. The molecule has 0 aliphatic carbocycles.